The van der Waals surface area contributed by atoms with E-state index in [0.29, 0.717) is 12.5 Å². The molecule has 5 rings (SSSR count). The molecule has 0 amide bonds. The topological polar surface area (TPSA) is 63.6 Å². The van der Waals surface area contributed by atoms with E-state index >= 15 is 0 Å². The van der Waals surface area contributed by atoms with Crippen molar-refractivity contribution in [1.29, 1.82) is 0 Å². The standard InChI is InChI=1S/C28H35N5O2/c1-28(2)11-10-23-22(15-28)27(31-25(30-23)18-32(3)4)33-12-13-35-24-8-6-19(14-21(24)17-33)20-7-9-26(34-5)29-16-20/h6-9,14,16H,10-13,15,17-18H2,1-5H3. The average Bonchev–Trinajstić information content (AvgIpc) is 3.05. The number of benzene rings is 1. The van der Waals surface area contributed by atoms with Crippen LogP contribution in [0, 0.1) is 5.41 Å². The maximum Gasteiger partial charge on any atom is 0.212 e. The van der Waals surface area contributed by atoms with Crippen molar-refractivity contribution in [3.8, 4) is 22.8 Å². The summed E-state index contributed by atoms with van der Waals surface area (Å²) in [5.74, 6) is 3.52. The van der Waals surface area contributed by atoms with E-state index in [1.54, 1.807) is 7.11 Å². The molecule has 2 aliphatic rings. The van der Waals surface area contributed by atoms with Gasteiger partial charge in [-0.2, -0.15) is 0 Å². The molecule has 1 aliphatic heterocycles. The fourth-order valence-electron chi connectivity index (χ4n) is 5.02. The Morgan fingerprint density at radius 1 is 1.11 bits per heavy atom. The minimum atomic E-state index is 0.253. The third-order valence-corrected chi connectivity index (χ3v) is 6.89. The van der Waals surface area contributed by atoms with E-state index in [4.69, 9.17) is 19.4 Å². The molecule has 7 nitrogen and oxygen atoms in total. The van der Waals surface area contributed by atoms with E-state index in [2.05, 4.69) is 60.9 Å². The van der Waals surface area contributed by atoms with Gasteiger partial charge in [0.05, 0.1) is 20.2 Å². The number of ether oxygens (including phenoxy) is 2. The number of fused-ring (bicyclic) bond motifs is 2. The Hall–Kier alpha value is -3.19. The van der Waals surface area contributed by atoms with E-state index in [0.717, 1.165) is 73.0 Å². The lowest BCUT2D eigenvalue weighted by molar-refractivity contribution is 0.308. The van der Waals surface area contributed by atoms with E-state index in [1.165, 1.54) is 11.3 Å². The van der Waals surface area contributed by atoms with E-state index in [-0.39, 0.29) is 5.41 Å². The SMILES string of the molecule is COc1ccc(-c2ccc3c(c2)CN(c2nc(CN(C)C)nc4c2CC(C)(C)CC4)CCO3)cn1. The molecule has 3 aromatic rings. The summed E-state index contributed by atoms with van der Waals surface area (Å²) in [6, 6.07) is 10.3. The fraction of sp³-hybridized carbons (Fsp3) is 0.464. The Bertz CT molecular complexity index is 1210. The fourth-order valence-corrected chi connectivity index (χ4v) is 5.02. The molecule has 184 valence electrons. The number of methoxy groups -OCH3 is 1. The van der Waals surface area contributed by atoms with Crippen LogP contribution in [0.15, 0.2) is 36.5 Å². The Balaban J connectivity index is 1.52. The van der Waals surface area contributed by atoms with Crippen LogP contribution in [0.3, 0.4) is 0 Å². The van der Waals surface area contributed by atoms with Gasteiger partial charge in [0.25, 0.3) is 0 Å². The van der Waals surface area contributed by atoms with Gasteiger partial charge in [0, 0.05) is 41.2 Å². The zero-order valence-corrected chi connectivity index (χ0v) is 21.5. The van der Waals surface area contributed by atoms with Gasteiger partial charge in [-0.1, -0.05) is 19.9 Å². The predicted octanol–water partition coefficient (Wildman–Crippen LogP) is 4.52. The molecule has 0 atom stereocenters. The molecule has 1 aromatic carbocycles. The Labute approximate surface area is 208 Å². The van der Waals surface area contributed by atoms with Crippen LogP contribution in [0.5, 0.6) is 11.6 Å². The highest BCUT2D eigenvalue weighted by Gasteiger charge is 2.31. The first-order valence-electron chi connectivity index (χ1n) is 12.4. The van der Waals surface area contributed by atoms with E-state index < -0.39 is 0 Å². The molecule has 1 aliphatic carbocycles. The molecule has 0 radical (unpaired) electrons. The van der Waals surface area contributed by atoms with Gasteiger partial charge in [-0.05, 0) is 62.5 Å². The molecule has 0 bridgehead atoms. The van der Waals surface area contributed by atoms with Crippen molar-refractivity contribution in [3.05, 3.63) is 59.2 Å². The Kier molecular flexibility index (Phi) is 6.36. The van der Waals surface area contributed by atoms with Gasteiger partial charge in [0.15, 0.2) is 0 Å². The molecular formula is C28H35N5O2. The number of aromatic nitrogens is 3. The molecule has 0 N–H and O–H groups in total. The maximum atomic E-state index is 6.18. The van der Waals surface area contributed by atoms with Crippen molar-refractivity contribution in [2.75, 3.05) is 39.3 Å². The number of nitrogens with zero attached hydrogens (tertiary/aromatic N) is 5. The Morgan fingerprint density at radius 3 is 2.69 bits per heavy atom. The molecule has 3 heterocycles. The molecule has 0 saturated heterocycles. The summed E-state index contributed by atoms with van der Waals surface area (Å²) in [7, 11) is 5.77. The lowest BCUT2D eigenvalue weighted by atomic mass is 9.76. The van der Waals surface area contributed by atoms with Gasteiger partial charge in [-0.15, -0.1) is 0 Å². The number of pyridine rings is 1. The van der Waals surface area contributed by atoms with Crippen LogP contribution in [0.1, 0.15) is 42.9 Å². The summed E-state index contributed by atoms with van der Waals surface area (Å²) in [4.78, 5) is 19.0. The van der Waals surface area contributed by atoms with Gasteiger partial charge in [0.2, 0.25) is 5.88 Å². The van der Waals surface area contributed by atoms with Gasteiger partial charge >= 0.3 is 0 Å². The zero-order valence-electron chi connectivity index (χ0n) is 21.5. The van der Waals surface area contributed by atoms with Crippen LogP contribution in [0.25, 0.3) is 11.1 Å². The smallest absolute Gasteiger partial charge is 0.212 e. The van der Waals surface area contributed by atoms with Gasteiger partial charge in [-0.3, -0.25) is 0 Å². The molecule has 0 fully saturated rings. The second-order valence-electron chi connectivity index (χ2n) is 10.6. The first-order chi connectivity index (χ1) is 16.8. The number of hydrogen-bond acceptors (Lipinski definition) is 7. The minimum absolute atomic E-state index is 0.253. The summed E-state index contributed by atoms with van der Waals surface area (Å²) in [6.45, 7) is 7.60. The minimum Gasteiger partial charge on any atom is -0.491 e. The van der Waals surface area contributed by atoms with E-state index in [9.17, 15) is 0 Å². The highest BCUT2D eigenvalue weighted by Crippen LogP contribution is 2.39. The Morgan fingerprint density at radius 2 is 1.94 bits per heavy atom. The van der Waals surface area contributed by atoms with Crippen LogP contribution in [0.2, 0.25) is 0 Å². The first-order valence-corrected chi connectivity index (χ1v) is 12.4. The normalized spacial score (nSPS) is 16.8. The average molecular weight is 474 g/mol. The summed E-state index contributed by atoms with van der Waals surface area (Å²) in [5, 5.41) is 0. The summed E-state index contributed by atoms with van der Waals surface area (Å²) in [6.07, 6.45) is 5.02. The van der Waals surface area contributed by atoms with Crippen molar-refractivity contribution in [3.63, 3.8) is 0 Å². The molecule has 0 saturated carbocycles. The van der Waals surface area contributed by atoms with Crippen LogP contribution in [0.4, 0.5) is 5.82 Å². The number of hydrogen-bond donors (Lipinski definition) is 0. The summed E-state index contributed by atoms with van der Waals surface area (Å²) in [5.41, 5.74) is 6.11. The molecule has 2 aromatic heterocycles. The van der Waals surface area contributed by atoms with Crippen molar-refractivity contribution in [2.24, 2.45) is 5.41 Å². The van der Waals surface area contributed by atoms with Crippen LogP contribution in [-0.2, 0) is 25.9 Å². The van der Waals surface area contributed by atoms with Gasteiger partial charge in [0.1, 0.15) is 24.0 Å². The summed E-state index contributed by atoms with van der Waals surface area (Å²) >= 11 is 0. The van der Waals surface area contributed by atoms with Crippen molar-refractivity contribution in [2.45, 2.75) is 46.2 Å². The third-order valence-electron chi connectivity index (χ3n) is 6.89. The quantitative estimate of drug-likeness (QED) is 0.540. The van der Waals surface area contributed by atoms with Crippen LogP contribution in [-0.4, -0.2) is 54.2 Å². The third kappa shape index (κ3) is 5.10. The van der Waals surface area contributed by atoms with E-state index in [1.807, 2.05) is 18.3 Å². The highest BCUT2D eigenvalue weighted by atomic mass is 16.5. The van der Waals surface area contributed by atoms with Crippen molar-refractivity contribution < 1.29 is 9.47 Å². The van der Waals surface area contributed by atoms with Crippen LogP contribution >= 0.6 is 0 Å². The van der Waals surface area contributed by atoms with Crippen molar-refractivity contribution in [1.82, 2.24) is 19.9 Å². The second kappa shape index (κ2) is 9.46. The van der Waals surface area contributed by atoms with Crippen LogP contribution < -0.4 is 14.4 Å². The zero-order chi connectivity index (χ0) is 24.6. The molecule has 0 spiro atoms. The van der Waals surface area contributed by atoms with Crippen molar-refractivity contribution >= 4 is 5.82 Å². The highest BCUT2D eigenvalue weighted by molar-refractivity contribution is 5.66. The molecular weight excluding hydrogens is 438 g/mol. The lowest BCUT2D eigenvalue weighted by Crippen LogP contribution is -2.32. The van der Waals surface area contributed by atoms with Gasteiger partial charge < -0.3 is 19.3 Å². The summed E-state index contributed by atoms with van der Waals surface area (Å²) < 4.78 is 11.4. The second-order valence-corrected chi connectivity index (χ2v) is 10.6. The number of anilines is 1. The largest absolute Gasteiger partial charge is 0.491 e. The molecule has 7 heteroatoms. The van der Waals surface area contributed by atoms with Gasteiger partial charge in [-0.25, -0.2) is 15.0 Å². The lowest BCUT2D eigenvalue weighted by Gasteiger charge is -2.34. The number of aryl methyl sites for hydroxylation is 1. The monoisotopic (exact) mass is 473 g/mol. The first kappa shape index (κ1) is 23.5. The maximum absolute atomic E-state index is 6.18. The number of rotatable bonds is 5. The molecule has 0 unspecified atom stereocenters. The molecule has 35 heavy (non-hydrogen) atoms. The predicted molar refractivity (Wildman–Crippen MR) is 138 cm³/mol.